The maximum Gasteiger partial charge on any atom is 0.198 e. The Morgan fingerprint density at radius 1 is 1.24 bits per heavy atom. The van der Waals surface area contributed by atoms with Gasteiger partial charge < -0.3 is 4.42 Å². The lowest BCUT2D eigenvalue weighted by Gasteiger charge is -2.05. The quantitative estimate of drug-likeness (QED) is 0.422. The van der Waals surface area contributed by atoms with E-state index in [9.17, 15) is 4.79 Å². The Kier molecular flexibility index (Phi) is 4.04. The zero-order valence-electron chi connectivity index (χ0n) is 11.3. The number of rotatable bonds is 3. The van der Waals surface area contributed by atoms with Crippen molar-refractivity contribution in [2.24, 2.45) is 0 Å². The van der Waals surface area contributed by atoms with Gasteiger partial charge in [0.1, 0.15) is 11.3 Å². The summed E-state index contributed by atoms with van der Waals surface area (Å²) in [5, 5.41) is 1.42. The summed E-state index contributed by atoms with van der Waals surface area (Å²) in [6, 6.07) is 13.0. The maximum absolute atomic E-state index is 13.0. The van der Waals surface area contributed by atoms with E-state index < -0.39 is 0 Å². The molecular weight excluding hydrogens is 399 g/mol. The number of hydrogen-bond acceptors (Lipinski definition) is 2. The van der Waals surface area contributed by atoms with Gasteiger partial charge in [0.05, 0.1) is 5.56 Å². The van der Waals surface area contributed by atoms with E-state index >= 15 is 0 Å². The van der Waals surface area contributed by atoms with E-state index in [1.165, 1.54) is 0 Å². The highest BCUT2D eigenvalue weighted by molar-refractivity contribution is 14.1. The number of fused-ring (bicyclic) bond motifs is 1. The van der Waals surface area contributed by atoms with E-state index in [2.05, 4.69) is 22.6 Å². The molecule has 3 aromatic rings. The van der Waals surface area contributed by atoms with Crippen LogP contribution >= 0.6 is 34.2 Å². The number of para-hydroxylation sites is 1. The summed E-state index contributed by atoms with van der Waals surface area (Å²) < 4.78 is 6.69. The molecule has 1 aromatic heterocycles. The summed E-state index contributed by atoms with van der Waals surface area (Å²) in [6.07, 6.45) is 0.674. The van der Waals surface area contributed by atoms with E-state index in [4.69, 9.17) is 16.0 Å². The second-order valence-electron chi connectivity index (χ2n) is 4.70. The van der Waals surface area contributed by atoms with Gasteiger partial charge in [-0.25, -0.2) is 0 Å². The van der Waals surface area contributed by atoms with Crippen molar-refractivity contribution in [3.05, 3.63) is 67.9 Å². The summed E-state index contributed by atoms with van der Waals surface area (Å²) in [5.74, 6) is 0.681. The number of furan rings is 1. The minimum atomic E-state index is -0.0382. The van der Waals surface area contributed by atoms with E-state index in [0.717, 1.165) is 20.3 Å². The molecule has 0 atom stereocenters. The fourth-order valence-corrected chi connectivity index (χ4v) is 3.15. The van der Waals surface area contributed by atoms with Gasteiger partial charge in [0.15, 0.2) is 5.78 Å². The summed E-state index contributed by atoms with van der Waals surface area (Å²) in [6.45, 7) is 1.98. The average Bonchev–Trinajstić information content (AvgIpc) is 2.87. The zero-order chi connectivity index (χ0) is 15.0. The van der Waals surface area contributed by atoms with Crippen LogP contribution in [0.2, 0.25) is 5.02 Å². The first kappa shape index (κ1) is 14.6. The molecule has 0 aliphatic heterocycles. The van der Waals surface area contributed by atoms with Gasteiger partial charge in [-0.05, 0) is 46.9 Å². The highest BCUT2D eigenvalue weighted by atomic mass is 127. The van der Waals surface area contributed by atoms with Crippen LogP contribution in [-0.2, 0) is 6.42 Å². The molecule has 3 rings (SSSR count). The Balaban J connectivity index is 2.24. The summed E-state index contributed by atoms with van der Waals surface area (Å²) in [4.78, 5) is 13.0. The third kappa shape index (κ3) is 2.60. The lowest BCUT2D eigenvalue weighted by molar-refractivity contribution is 0.103. The van der Waals surface area contributed by atoms with Crippen molar-refractivity contribution < 1.29 is 9.21 Å². The predicted molar refractivity (Wildman–Crippen MR) is 93.2 cm³/mol. The second-order valence-corrected chi connectivity index (χ2v) is 6.30. The average molecular weight is 411 g/mol. The molecule has 2 aromatic carbocycles. The lowest BCUT2D eigenvalue weighted by Crippen LogP contribution is -2.05. The van der Waals surface area contributed by atoms with Gasteiger partial charge in [-0.1, -0.05) is 36.7 Å². The minimum absolute atomic E-state index is 0.0382. The van der Waals surface area contributed by atoms with Gasteiger partial charge in [0, 0.05) is 26.0 Å². The summed E-state index contributed by atoms with van der Waals surface area (Å²) in [5.41, 5.74) is 2.01. The van der Waals surface area contributed by atoms with Crippen LogP contribution in [0.5, 0.6) is 0 Å². The second kappa shape index (κ2) is 5.81. The number of carbonyl (C=O) groups excluding carboxylic acids is 1. The van der Waals surface area contributed by atoms with Gasteiger partial charge in [0.2, 0.25) is 0 Å². The van der Waals surface area contributed by atoms with Crippen LogP contribution in [0.3, 0.4) is 0 Å². The van der Waals surface area contributed by atoms with E-state index in [1.54, 1.807) is 12.1 Å². The van der Waals surface area contributed by atoms with Crippen LogP contribution in [0.15, 0.2) is 46.9 Å². The molecule has 0 bridgehead atoms. The van der Waals surface area contributed by atoms with Gasteiger partial charge in [-0.2, -0.15) is 0 Å². The Hall–Kier alpha value is -1.33. The monoisotopic (exact) mass is 410 g/mol. The van der Waals surface area contributed by atoms with Gasteiger partial charge in [-0.3, -0.25) is 4.79 Å². The molecule has 0 N–H and O–H groups in total. The molecule has 4 heteroatoms. The molecule has 21 heavy (non-hydrogen) atoms. The number of aryl methyl sites for hydroxylation is 1. The van der Waals surface area contributed by atoms with Crippen molar-refractivity contribution in [1.29, 1.82) is 0 Å². The first-order valence-corrected chi connectivity index (χ1v) is 8.07. The zero-order valence-corrected chi connectivity index (χ0v) is 14.2. The lowest BCUT2D eigenvalue weighted by atomic mass is 9.99. The van der Waals surface area contributed by atoms with Crippen molar-refractivity contribution in [2.45, 2.75) is 13.3 Å². The third-order valence-corrected chi connectivity index (χ3v) is 4.57. The first-order valence-electron chi connectivity index (χ1n) is 6.62. The number of carbonyl (C=O) groups is 1. The van der Waals surface area contributed by atoms with Crippen LogP contribution in [0, 0.1) is 3.57 Å². The smallest absolute Gasteiger partial charge is 0.198 e. The van der Waals surface area contributed by atoms with E-state index in [0.29, 0.717) is 22.6 Å². The highest BCUT2D eigenvalue weighted by Gasteiger charge is 2.22. The van der Waals surface area contributed by atoms with Crippen LogP contribution in [0.1, 0.15) is 28.6 Å². The molecule has 0 unspecified atom stereocenters. The van der Waals surface area contributed by atoms with E-state index in [1.807, 2.05) is 37.3 Å². The molecule has 0 saturated heterocycles. The number of halogens is 2. The number of benzene rings is 2. The Morgan fingerprint density at radius 2 is 2.00 bits per heavy atom. The molecule has 106 valence electrons. The molecule has 0 amide bonds. The number of ketones is 1. The van der Waals surface area contributed by atoms with Gasteiger partial charge >= 0.3 is 0 Å². The van der Waals surface area contributed by atoms with E-state index in [-0.39, 0.29) is 5.78 Å². The standard InChI is InChI=1S/C17H12ClIO2/c1-2-14-16(11-5-3-4-6-15(11)21-14)17(20)12-9-10(18)7-8-13(12)19/h3-9H,2H2,1H3. The van der Waals surface area contributed by atoms with Crippen LogP contribution in [-0.4, -0.2) is 5.78 Å². The molecule has 1 heterocycles. The Labute approximate surface area is 141 Å². The molecule has 0 radical (unpaired) electrons. The van der Waals surface area contributed by atoms with Crippen molar-refractivity contribution in [2.75, 3.05) is 0 Å². The molecule has 0 aliphatic rings. The SMILES string of the molecule is CCc1oc2ccccc2c1C(=O)c1cc(Cl)ccc1I. The summed E-state index contributed by atoms with van der Waals surface area (Å²) >= 11 is 8.19. The highest BCUT2D eigenvalue weighted by Crippen LogP contribution is 2.30. The van der Waals surface area contributed by atoms with Gasteiger partial charge in [0.25, 0.3) is 0 Å². The van der Waals surface area contributed by atoms with Crippen molar-refractivity contribution in [3.8, 4) is 0 Å². The summed E-state index contributed by atoms with van der Waals surface area (Å²) in [7, 11) is 0. The Morgan fingerprint density at radius 3 is 2.76 bits per heavy atom. The minimum Gasteiger partial charge on any atom is -0.460 e. The topological polar surface area (TPSA) is 30.2 Å². The first-order chi connectivity index (χ1) is 10.1. The molecule has 0 saturated carbocycles. The molecule has 0 fully saturated rings. The third-order valence-electron chi connectivity index (χ3n) is 3.39. The van der Waals surface area contributed by atoms with Crippen molar-refractivity contribution >= 4 is 50.9 Å². The maximum atomic E-state index is 13.0. The molecular formula is C17H12ClIO2. The molecule has 0 aliphatic carbocycles. The molecule has 0 spiro atoms. The normalized spacial score (nSPS) is 11.0. The van der Waals surface area contributed by atoms with Gasteiger partial charge in [-0.15, -0.1) is 0 Å². The predicted octanol–water partition coefficient (Wildman–Crippen LogP) is 5.48. The Bertz CT molecular complexity index is 836. The van der Waals surface area contributed by atoms with Crippen molar-refractivity contribution in [1.82, 2.24) is 0 Å². The number of hydrogen-bond donors (Lipinski definition) is 0. The van der Waals surface area contributed by atoms with Crippen LogP contribution in [0.25, 0.3) is 11.0 Å². The molecule has 2 nitrogen and oxygen atoms in total. The largest absolute Gasteiger partial charge is 0.460 e. The van der Waals surface area contributed by atoms with Crippen LogP contribution < -0.4 is 0 Å². The fourth-order valence-electron chi connectivity index (χ4n) is 2.40. The van der Waals surface area contributed by atoms with Crippen molar-refractivity contribution in [3.63, 3.8) is 0 Å². The van der Waals surface area contributed by atoms with Crippen LogP contribution in [0.4, 0.5) is 0 Å². The fraction of sp³-hybridized carbons (Fsp3) is 0.118.